The second-order valence-electron chi connectivity index (χ2n) is 9.55. The number of para-hydroxylation sites is 1. The van der Waals surface area contributed by atoms with Crippen LogP contribution in [0, 0.1) is 0 Å². The molecule has 0 saturated heterocycles. The number of amides is 2. The summed E-state index contributed by atoms with van der Waals surface area (Å²) in [5, 5.41) is 1.35. The molecule has 5 rings (SSSR count). The standard InChI is InChI=1S/C30H28N2O3/c1-17(2)21-7-5-8-22(18(3)4)28(21)32-29(33)24-10-6-9-23-26(16-15-25(27(23)24)30(32)34)35-20-13-11-19(31)12-14-20/h5-18H,31H2,1-4H3. The highest BCUT2D eigenvalue weighted by Crippen LogP contribution is 2.42. The van der Waals surface area contributed by atoms with Gasteiger partial charge in [0.1, 0.15) is 11.5 Å². The van der Waals surface area contributed by atoms with Gasteiger partial charge >= 0.3 is 0 Å². The average Bonchev–Trinajstić information content (AvgIpc) is 2.84. The summed E-state index contributed by atoms with van der Waals surface area (Å²) in [5.41, 5.74) is 10.1. The number of hydrogen-bond donors (Lipinski definition) is 1. The van der Waals surface area contributed by atoms with Crippen molar-refractivity contribution >= 4 is 34.0 Å². The van der Waals surface area contributed by atoms with E-state index in [1.807, 2.05) is 30.3 Å². The van der Waals surface area contributed by atoms with Crippen LogP contribution in [-0.2, 0) is 0 Å². The molecule has 0 radical (unpaired) electrons. The molecule has 1 heterocycles. The molecule has 0 spiro atoms. The van der Waals surface area contributed by atoms with Crippen molar-refractivity contribution in [1.82, 2.24) is 0 Å². The van der Waals surface area contributed by atoms with Gasteiger partial charge in [-0.2, -0.15) is 0 Å². The molecule has 0 aliphatic carbocycles. The highest BCUT2D eigenvalue weighted by Gasteiger charge is 2.37. The number of nitrogens with zero attached hydrogens (tertiary/aromatic N) is 1. The molecule has 1 aliphatic rings. The first-order valence-electron chi connectivity index (χ1n) is 11.9. The number of nitrogen functional groups attached to an aromatic ring is 1. The molecule has 5 nitrogen and oxygen atoms in total. The molecule has 0 unspecified atom stereocenters. The Hall–Kier alpha value is -4.12. The van der Waals surface area contributed by atoms with Crippen molar-refractivity contribution in [2.45, 2.75) is 39.5 Å². The van der Waals surface area contributed by atoms with Crippen molar-refractivity contribution in [2.24, 2.45) is 0 Å². The monoisotopic (exact) mass is 464 g/mol. The van der Waals surface area contributed by atoms with Crippen molar-refractivity contribution < 1.29 is 14.3 Å². The van der Waals surface area contributed by atoms with Crippen LogP contribution >= 0.6 is 0 Å². The van der Waals surface area contributed by atoms with Crippen LogP contribution in [0.3, 0.4) is 0 Å². The molecular formula is C30H28N2O3. The van der Waals surface area contributed by atoms with E-state index in [-0.39, 0.29) is 23.7 Å². The summed E-state index contributed by atoms with van der Waals surface area (Å²) in [7, 11) is 0. The van der Waals surface area contributed by atoms with E-state index in [9.17, 15) is 9.59 Å². The van der Waals surface area contributed by atoms with Gasteiger partial charge in [-0.3, -0.25) is 9.59 Å². The molecule has 2 amide bonds. The molecule has 0 fully saturated rings. The number of carbonyl (C=O) groups is 2. The molecule has 0 saturated carbocycles. The lowest BCUT2D eigenvalue weighted by atomic mass is 9.88. The quantitative estimate of drug-likeness (QED) is 0.249. The van der Waals surface area contributed by atoms with Gasteiger partial charge in [0.25, 0.3) is 11.8 Å². The van der Waals surface area contributed by atoms with Crippen molar-refractivity contribution in [3.8, 4) is 11.5 Å². The SMILES string of the molecule is CC(C)c1cccc(C(C)C)c1N1C(=O)c2cccc3c(Oc4ccc(N)cc4)ccc(c23)C1=O. The second kappa shape index (κ2) is 8.58. The van der Waals surface area contributed by atoms with E-state index in [1.165, 1.54) is 4.90 Å². The molecule has 2 N–H and O–H groups in total. The molecule has 5 heteroatoms. The first-order chi connectivity index (χ1) is 16.8. The van der Waals surface area contributed by atoms with Crippen molar-refractivity contribution in [3.63, 3.8) is 0 Å². The van der Waals surface area contributed by atoms with Crippen LogP contribution in [-0.4, -0.2) is 11.8 Å². The molecule has 0 aromatic heterocycles. The van der Waals surface area contributed by atoms with Crippen molar-refractivity contribution in [3.05, 3.63) is 95.1 Å². The molecule has 35 heavy (non-hydrogen) atoms. The summed E-state index contributed by atoms with van der Waals surface area (Å²) in [6, 6.07) is 22.2. The highest BCUT2D eigenvalue weighted by atomic mass is 16.5. The predicted molar refractivity (Wildman–Crippen MR) is 141 cm³/mol. The lowest BCUT2D eigenvalue weighted by Crippen LogP contribution is -2.41. The van der Waals surface area contributed by atoms with E-state index in [0.29, 0.717) is 39.4 Å². The first-order valence-corrected chi connectivity index (χ1v) is 11.9. The van der Waals surface area contributed by atoms with Gasteiger partial charge < -0.3 is 10.5 Å². The lowest BCUT2D eigenvalue weighted by Gasteiger charge is -2.32. The van der Waals surface area contributed by atoms with Crippen molar-refractivity contribution in [1.29, 1.82) is 0 Å². The minimum absolute atomic E-state index is 0.150. The van der Waals surface area contributed by atoms with Crippen LogP contribution in [0.2, 0.25) is 0 Å². The summed E-state index contributed by atoms with van der Waals surface area (Å²) >= 11 is 0. The minimum Gasteiger partial charge on any atom is -0.457 e. The van der Waals surface area contributed by atoms with Gasteiger partial charge in [-0.05, 0) is 65.4 Å². The van der Waals surface area contributed by atoms with Crippen LogP contribution in [0.25, 0.3) is 10.8 Å². The predicted octanol–water partition coefficient (Wildman–Crippen LogP) is 7.26. The van der Waals surface area contributed by atoms with Crippen LogP contribution in [0.5, 0.6) is 11.5 Å². The van der Waals surface area contributed by atoms with Gasteiger partial charge in [-0.15, -0.1) is 0 Å². The Labute approximate surface area is 205 Å². The van der Waals surface area contributed by atoms with E-state index in [0.717, 1.165) is 16.5 Å². The van der Waals surface area contributed by atoms with Crippen LogP contribution < -0.4 is 15.4 Å². The van der Waals surface area contributed by atoms with Gasteiger partial charge in [0.15, 0.2) is 0 Å². The Balaban J connectivity index is 1.68. The van der Waals surface area contributed by atoms with E-state index in [2.05, 4.69) is 27.7 Å². The van der Waals surface area contributed by atoms with Crippen LogP contribution in [0.4, 0.5) is 11.4 Å². The molecule has 0 bridgehead atoms. The Morgan fingerprint density at radius 3 is 1.89 bits per heavy atom. The van der Waals surface area contributed by atoms with E-state index in [4.69, 9.17) is 10.5 Å². The Kier molecular flexibility index (Phi) is 5.56. The van der Waals surface area contributed by atoms with Gasteiger partial charge in [0, 0.05) is 27.6 Å². The maximum Gasteiger partial charge on any atom is 0.266 e. The maximum absolute atomic E-state index is 13.9. The number of nitrogens with two attached hydrogens (primary N) is 1. The summed E-state index contributed by atoms with van der Waals surface area (Å²) in [6.45, 7) is 8.32. The van der Waals surface area contributed by atoms with Gasteiger partial charge in [-0.1, -0.05) is 58.0 Å². The summed E-state index contributed by atoms with van der Waals surface area (Å²) in [4.78, 5) is 29.2. The summed E-state index contributed by atoms with van der Waals surface area (Å²) in [5.74, 6) is 0.882. The van der Waals surface area contributed by atoms with Gasteiger partial charge in [-0.25, -0.2) is 4.90 Å². The Morgan fingerprint density at radius 1 is 0.714 bits per heavy atom. The number of hydrogen-bond acceptors (Lipinski definition) is 4. The first kappa shape index (κ1) is 22.7. The van der Waals surface area contributed by atoms with E-state index < -0.39 is 0 Å². The number of ether oxygens (including phenoxy) is 1. The lowest BCUT2D eigenvalue weighted by molar-refractivity contribution is 0.0893. The zero-order chi connectivity index (χ0) is 24.9. The smallest absolute Gasteiger partial charge is 0.266 e. The maximum atomic E-state index is 13.9. The van der Waals surface area contributed by atoms with E-state index in [1.54, 1.807) is 42.5 Å². The van der Waals surface area contributed by atoms with Crippen LogP contribution in [0.1, 0.15) is 71.4 Å². The third kappa shape index (κ3) is 3.73. The Bertz CT molecular complexity index is 1420. The highest BCUT2D eigenvalue weighted by molar-refractivity contribution is 6.36. The fraction of sp³-hybridized carbons (Fsp3) is 0.200. The summed E-state index contributed by atoms with van der Waals surface area (Å²) in [6.07, 6.45) is 0. The average molecular weight is 465 g/mol. The molecule has 1 aliphatic heterocycles. The number of benzene rings is 4. The second-order valence-corrected chi connectivity index (χ2v) is 9.55. The van der Waals surface area contributed by atoms with Gasteiger partial charge in [0.05, 0.1) is 5.69 Å². The number of imide groups is 1. The van der Waals surface area contributed by atoms with Gasteiger partial charge in [0.2, 0.25) is 0 Å². The van der Waals surface area contributed by atoms with Crippen molar-refractivity contribution in [2.75, 3.05) is 10.6 Å². The van der Waals surface area contributed by atoms with Crippen LogP contribution in [0.15, 0.2) is 72.8 Å². The number of anilines is 2. The molecule has 4 aromatic carbocycles. The van der Waals surface area contributed by atoms with E-state index >= 15 is 0 Å². The largest absolute Gasteiger partial charge is 0.457 e. The summed E-state index contributed by atoms with van der Waals surface area (Å²) < 4.78 is 6.12. The zero-order valence-electron chi connectivity index (χ0n) is 20.3. The third-order valence-corrected chi connectivity index (χ3v) is 6.54. The normalized spacial score (nSPS) is 13.3. The number of rotatable bonds is 5. The topological polar surface area (TPSA) is 72.6 Å². The minimum atomic E-state index is -0.312. The fourth-order valence-corrected chi connectivity index (χ4v) is 4.79. The fourth-order valence-electron chi connectivity index (χ4n) is 4.79. The molecule has 0 atom stereocenters. The zero-order valence-corrected chi connectivity index (χ0v) is 20.3. The molecular weight excluding hydrogens is 436 g/mol. The molecule has 4 aromatic rings. The Morgan fingerprint density at radius 2 is 1.29 bits per heavy atom. The third-order valence-electron chi connectivity index (χ3n) is 6.54. The number of carbonyl (C=O) groups excluding carboxylic acids is 2. The molecule has 176 valence electrons.